The molecular formula is C19H27N3O4. The highest BCUT2D eigenvalue weighted by Gasteiger charge is 2.49. The average molecular weight is 361 g/mol. The number of amides is 2. The second kappa shape index (κ2) is 6.59. The third kappa shape index (κ3) is 3.08. The zero-order chi connectivity index (χ0) is 18.3. The first-order valence-electron chi connectivity index (χ1n) is 9.75. The molecule has 1 aliphatic carbocycles. The Hall–Kier alpha value is -2.05. The molecule has 142 valence electrons. The van der Waals surface area contributed by atoms with Gasteiger partial charge in [0.2, 0.25) is 0 Å². The lowest BCUT2D eigenvalue weighted by Crippen LogP contribution is -2.49. The fourth-order valence-corrected chi connectivity index (χ4v) is 4.14. The van der Waals surface area contributed by atoms with E-state index in [1.54, 1.807) is 0 Å². The van der Waals surface area contributed by atoms with E-state index in [2.05, 4.69) is 18.8 Å². The summed E-state index contributed by atoms with van der Waals surface area (Å²) in [5, 5.41) is 0. The predicted molar refractivity (Wildman–Crippen MR) is 93.9 cm³/mol. The van der Waals surface area contributed by atoms with Crippen LogP contribution in [0.4, 0.5) is 4.79 Å². The largest absolute Gasteiger partial charge is 0.447 e. The molecule has 4 rings (SSSR count). The van der Waals surface area contributed by atoms with Gasteiger partial charge < -0.3 is 19.0 Å². The fourth-order valence-electron chi connectivity index (χ4n) is 4.14. The fraction of sp³-hybridized carbons (Fsp3) is 0.737. The minimum absolute atomic E-state index is 0.0592. The zero-order valence-corrected chi connectivity index (χ0v) is 15.6. The van der Waals surface area contributed by atoms with Crippen molar-refractivity contribution >= 4 is 12.0 Å². The van der Waals surface area contributed by atoms with Gasteiger partial charge in [-0.05, 0) is 26.2 Å². The van der Waals surface area contributed by atoms with E-state index in [-0.39, 0.29) is 18.0 Å². The number of hydrogen-bond acceptors (Lipinski definition) is 5. The van der Waals surface area contributed by atoms with Gasteiger partial charge in [0.25, 0.3) is 5.91 Å². The standard InChI is InChI=1S/C19H27N3O4/c1-3-4-13(2)22-11-19(26-18(22)24)7-9-21(10-8-19)17(23)15-16(14-5-6-14)25-12-20-15/h12-14H,3-11H2,1-2H3. The molecule has 1 aromatic heterocycles. The van der Waals surface area contributed by atoms with E-state index < -0.39 is 5.60 Å². The molecule has 3 heterocycles. The van der Waals surface area contributed by atoms with Gasteiger partial charge in [0.05, 0.1) is 6.54 Å². The molecule has 1 saturated carbocycles. The number of piperidine rings is 1. The maximum atomic E-state index is 12.8. The first-order chi connectivity index (χ1) is 12.5. The van der Waals surface area contributed by atoms with Gasteiger partial charge in [-0.25, -0.2) is 9.78 Å². The van der Waals surface area contributed by atoms with E-state index in [1.807, 2.05) is 9.80 Å². The van der Waals surface area contributed by atoms with Gasteiger partial charge >= 0.3 is 6.09 Å². The Bertz CT molecular complexity index is 689. The van der Waals surface area contributed by atoms with Crippen molar-refractivity contribution in [3.05, 3.63) is 17.8 Å². The van der Waals surface area contributed by atoms with Crippen LogP contribution in [0.2, 0.25) is 0 Å². The van der Waals surface area contributed by atoms with Crippen LogP contribution in [-0.2, 0) is 4.74 Å². The summed E-state index contributed by atoms with van der Waals surface area (Å²) in [5.74, 6) is 1.04. The summed E-state index contributed by atoms with van der Waals surface area (Å²) in [6, 6.07) is 0.197. The SMILES string of the molecule is CCCC(C)N1CC2(CCN(C(=O)c3ncoc3C3CC3)CC2)OC1=O. The molecule has 0 aromatic carbocycles. The molecule has 3 fully saturated rings. The number of carbonyl (C=O) groups is 2. The van der Waals surface area contributed by atoms with E-state index in [0.717, 1.165) is 31.4 Å². The van der Waals surface area contributed by atoms with Crippen molar-refractivity contribution in [2.24, 2.45) is 0 Å². The quantitative estimate of drug-likeness (QED) is 0.805. The lowest BCUT2D eigenvalue weighted by molar-refractivity contribution is 0.00286. The second-order valence-corrected chi connectivity index (χ2v) is 7.95. The second-order valence-electron chi connectivity index (χ2n) is 7.95. The molecule has 1 aromatic rings. The summed E-state index contributed by atoms with van der Waals surface area (Å²) in [4.78, 5) is 32.9. The maximum Gasteiger partial charge on any atom is 0.410 e. The molecule has 1 unspecified atom stereocenters. The molecule has 7 nitrogen and oxygen atoms in total. The Morgan fingerprint density at radius 3 is 2.77 bits per heavy atom. The van der Waals surface area contributed by atoms with Gasteiger partial charge in [0.15, 0.2) is 12.1 Å². The van der Waals surface area contributed by atoms with E-state index in [9.17, 15) is 9.59 Å². The molecule has 0 radical (unpaired) electrons. The van der Waals surface area contributed by atoms with Crippen molar-refractivity contribution in [3.63, 3.8) is 0 Å². The number of aromatic nitrogens is 1. The molecule has 26 heavy (non-hydrogen) atoms. The summed E-state index contributed by atoms with van der Waals surface area (Å²) in [7, 11) is 0. The Morgan fingerprint density at radius 2 is 2.12 bits per heavy atom. The highest BCUT2D eigenvalue weighted by molar-refractivity contribution is 5.93. The minimum atomic E-state index is -0.445. The molecule has 2 saturated heterocycles. The zero-order valence-electron chi connectivity index (χ0n) is 15.6. The molecule has 0 bridgehead atoms. The van der Waals surface area contributed by atoms with Crippen LogP contribution in [0.5, 0.6) is 0 Å². The van der Waals surface area contributed by atoms with Crippen LogP contribution in [0, 0.1) is 0 Å². The number of rotatable bonds is 5. The molecule has 2 aliphatic heterocycles. The Balaban J connectivity index is 1.39. The predicted octanol–water partition coefficient (Wildman–Crippen LogP) is 3.17. The summed E-state index contributed by atoms with van der Waals surface area (Å²) < 4.78 is 11.2. The Kier molecular flexibility index (Phi) is 4.40. The number of oxazole rings is 1. The van der Waals surface area contributed by atoms with Gasteiger partial charge in [-0.1, -0.05) is 13.3 Å². The smallest absolute Gasteiger partial charge is 0.410 e. The third-order valence-corrected chi connectivity index (χ3v) is 5.94. The number of nitrogens with zero attached hydrogens (tertiary/aromatic N) is 3. The molecule has 0 N–H and O–H groups in total. The van der Waals surface area contributed by atoms with Gasteiger partial charge in [0, 0.05) is 37.9 Å². The molecule has 1 atom stereocenters. The van der Waals surface area contributed by atoms with E-state index >= 15 is 0 Å². The third-order valence-electron chi connectivity index (χ3n) is 5.94. The van der Waals surface area contributed by atoms with Gasteiger partial charge in [-0.2, -0.15) is 0 Å². The topological polar surface area (TPSA) is 75.9 Å². The molecule has 7 heteroatoms. The Morgan fingerprint density at radius 1 is 1.38 bits per heavy atom. The first-order valence-corrected chi connectivity index (χ1v) is 9.75. The minimum Gasteiger partial charge on any atom is -0.447 e. The highest BCUT2D eigenvalue weighted by Crippen LogP contribution is 2.42. The van der Waals surface area contributed by atoms with Crippen LogP contribution in [-0.4, -0.2) is 58.1 Å². The molecule has 1 spiro atoms. The van der Waals surface area contributed by atoms with Crippen molar-refractivity contribution in [1.82, 2.24) is 14.8 Å². The van der Waals surface area contributed by atoms with Gasteiger partial charge in [-0.3, -0.25) is 4.79 Å². The lowest BCUT2D eigenvalue weighted by atomic mass is 9.90. The van der Waals surface area contributed by atoms with Crippen LogP contribution < -0.4 is 0 Å². The van der Waals surface area contributed by atoms with Crippen LogP contribution in [0.15, 0.2) is 10.8 Å². The first kappa shape index (κ1) is 17.4. The van der Waals surface area contributed by atoms with Crippen molar-refractivity contribution in [2.45, 2.75) is 69.9 Å². The summed E-state index contributed by atoms with van der Waals surface area (Å²) in [5.41, 5.74) is 0.0176. The van der Waals surface area contributed by atoms with E-state index in [0.29, 0.717) is 44.1 Å². The molecule has 3 aliphatic rings. The van der Waals surface area contributed by atoms with Crippen molar-refractivity contribution in [1.29, 1.82) is 0 Å². The number of ether oxygens (including phenoxy) is 1. The maximum absolute atomic E-state index is 12.8. The summed E-state index contributed by atoms with van der Waals surface area (Å²) >= 11 is 0. The summed E-state index contributed by atoms with van der Waals surface area (Å²) in [6.45, 7) is 5.99. The van der Waals surface area contributed by atoms with E-state index in [4.69, 9.17) is 9.15 Å². The molecule has 2 amide bonds. The van der Waals surface area contributed by atoms with E-state index in [1.165, 1.54) is 6.39 Å². The van der Waals surface area contributed by atoms with Crippen LogP contribution >= 0.6 is 0 Å². The highest BCUT2D eigenvalue weighted by atomic mass is 16.6. The van der Waals surface area contributed by atoms with Crippen molar-refractivity contribution in [3.8, 4) is 0 Å². The number of carbonyl (C=O) groups excluding carboxylic acids is 2. The van der Waals surface area contributed by atoms with Gasteiger partial charge in [-0.15, -0.1) is 0 Å². The van der Waals surface area contributed by atoms with Crippen molar-refractivity contribution in [2.75, 3.05) is 19.6 Å². The van der Waals surface area contributed by atoms with Crippen LogP contribution in [0.3, 0.4) is 0 Å². The normalized spacial score (nSPS) is 23.4. The average Bonchev–Trinajstić information content (AvgIpc) is 3.26. The lowest BCUT2D eigenvalue weighted by Gasteiger charge is -2.37. The number of hydrogen-bond donors (Lipinski definition) is 0. The van der Waals surface area contributed by atoms with Crippen LogP contribution in [0.1, 0.15) is 74.5 Å². The monoisotopic (exact) mass is 361 g/mol. The van der Waals surface area contributed by atoms with Crippen molar-refractivity contribution < 1.29 is 18.7 Å². The Labute approximate surface area is 153 Å². The van der Waals surface area contributed by atoms with Gasteiger partial charge in [0.1, 0.15) is 11.4 Å². The number of likely N-dealkylation sites (tertiary alicyclic amines) is 1. The summed E-state index contributed by atoms with van der Waals surface area (Å²) in [6.07, 6.45) is 6.68. The van der Waals surface area contributed by atoms with Crippen LogP contribution in [0.25, 0.3) is 0 Å². The molecular weight excluding hydrogens is 334 g/mol.